The summed E-state index contributed by atoms with van der Waals surface area (Å²) in [6, 6.07) is 5.44. The summed E-state index contributed by atoms with van der Waals surface area (Å²) in [5.41, 5.74) is 6.46. The van der Waals surface area contributed by atoms with Gasteiger partial charge in [0.1, 0.15) is 5.60 Å². The van der Waals surface area contributed by atoms with Crippen LogP contribution in [0.5, 0.6) is 0 Å². The third-order valence-electron chi connectivity index (χ3n) is 2.30. The minimum Gasteiger partial charge on any atom is -0.444 e. The third kappa shape index (κ3) is 7.17. The number of nitrogens with two attached hydrogens (primary N) is 2. The van der Waals surface area contributed by atoms with Gasteiger partial charge >= 0.3 is 6.09 Å². The van der Waals surface area contributed by atoms with Gasteiger partial charge in [0.05, 0.1) is 17.9 Å². The number of carbonyl (C=O) groups is 1. The first kappa shape index (κ1) is 16.8. The molecule has 1 aromatic heterocycles. The molecule has 7 heteroatoms. The van der Waals surface area contributed by atoms with E-state index in [2.05, 4.69) is 10.3 Å². The highest BCUT2D eigenvalue weighted by atomic mass is 16.6. The maximum Gasteiger partial charge on any atom is 0.407 e. The van der Waals surface area contributed by atoms with E-state index in [4.69, 9.17) is 16.3 Å². The first-order chi connectivity index (χ1) is 9.78. The van der Waals surface area contributed by atoms with E-state index in [1.165, 1.54) is 5.01 Å². The summed E-state index contributed by atoms with van der Waals surface area (Å²) in [7, 11) is 0. The van der Waals surface area contributed by atoms with Crippen LogP contribution in [0.3, 0.4) is 0 Å². The smallest absolute Gasteiger partial charge is 0.407 e. The second-order valence-corrected chi connectivity index (χ2v) is 5.47. The third-order valence-corrected chi connectivity index (χ3v) is 2.30. The monoisotopic (exact) mass is 293 g/mol. The molecule has 0 saturated heterocycles. The van der Waals surface area contributed by atoms with Gasteiger partial charge in [-0.05, 0) is 32.9 Å². The Labute approximate surface area is 124 Å². The lowest BCUT2D eigenvalue weighted by Gasteiger charge is -2.20. The molecular weight excluding hydrogens is 270 g/mol. The Morgan fingerprint density at radius 2 is 2.19 bits per heavy atom. The lowest BCUT2D eigenvalue weighted by Crippen LogP contribution is -2.38. The van der Waals surface area contributed by atoms with Gasteiger partial charge < -0.3 is 20.8 Å². The second kappa shape index (κ2) is 7.49. The van der Waals surface area contributed by atoms with Gasteiger partial charge in [-0.25, -0.2) is 10.6 Å². The number of amides is 1. The molecule has 0 aliphatic heterocycles. The van der Waals surface area contributed by atoms with Crippen LogP contribution in [0.25, 0.3) is 5.70 Å². The van der Waals surface area contributed by atoms with Crippen LogP contribution in [-0.2, 0) is 4.74 Å². The molecule has 0 spiro atoms. The lowest BCUT2D eigenvalue weighted by atomic mass is 10.2. The largest absolute Gasteiger partial charge is 0.444 e. The summed E-state index contributed by atoms with van der Waals surface area (Å²) in [4.78, 5) is 15.6. The Hall–Kier alpha value is -2.28. The van der Waals surface area contributed by atoms with Crippen molar-refractivity contribution in [2.24, 2.45) is 11.6 Å². The van der Waals surface area contributed by atoms with Gasteiger partial charge in [0.25, 0.3) is 0 Å². The van der Waals surface area contributed by atoms with Gasteiger partial charge in [0, 0.05) is 18.9 Å². The number of nitrogens with one attached hydrogen (secondary N) is 1. The Bertz CT molecular complexity index is 482. The van der Waals surface area contributed by atoms with Crippen molar-refractivity contribution < 1.29 is 9.53 Å². The maximum absolute atomic E-state index is 11.4. The molecule has 1 heterocycles. The molecule has 21 heavy (non-hydrogen) atoms. The molecule has 0 aliphatic carbocycles. The number of ether oxygens (including phenoxy) is 1. The van der Waals surface area contributed by atoms with Crippen molar-refractivity contribution >= 4 is 11.8 Å². The minimum absolute atomic E-state index is 0.345. The molecule has 0 bridgehead atoms. The highest BCUT2D eigenvalue weighted by Gasteiger charge is 2.15. The molecule has 7 nitrogen and oxygen atoms in total. The molecule has 0 saturated carbocycles. The molecule has 0 aliphatic rings. The average molecular weight is 293 g/mol. The maximum atomic E-state index is 11.4. The normalized spacial score (nSPS) is 11.9. The van der Waals surface area contributed by atoms with Gasteiger partial charge in [0.15, 0.2) is 0 Å². The zero-order valence-electron chi connectivity index (χ0n) is 12.7. The number of hydrogen-bond acceptors (Lipinski definition) is 6. The van der Waals surface area contributed by atoms with Gasteiger partial charge in [-0.2, -0.15) is 0 Å². The molecular formula is C14H23N5O2. The molecule has 0 radical (unpaired) electrons. The van der Waals surface area contributed by atoms with E-state index in [1.54, 1.807) is 39.2 Å². The number of aromatic nitrogens is 1. The number of pyridine rings is 1. The van der Waals surface area contributed by atoms with E-state index in [0.717, 1.165) is 0 Å². The summed E-state index contributed by atoms with van der Waals surface area (Å²) in [6.45, 7) is 6.15. The molecule has 1 amide bonds. The SMILES string of the molecule is CC(C)(C)OC(=O)NCCN(N)/C=C(\N)c1ccccn1. The topological polar surface area (TPSA) is 106 Å². The number of hydrazine groups is 1. The van der Waals surface area contributed by atoms with Crippen molar-refractivity contribution in [2.75, 3.05) is 13.1 Å². The van der Waals surface area contributed by atoms with Gasteiger partial charge in [-0.1, -0.05) is 6.07 Å². The van der Waals surface area contributed by atoms with Crippen molar-refractivity contribution in [3.63, 3.8) is 0 Å². The lowest BCUT2D eigenvalue weighted by molar-refractivity contribution is 0.0524. The predicted molar refractivity (Wildman–Crippen MR) is 81.5 cm³/mol. The zero-order chi connectivity index (χ0) is 15.9. The number of nitrogens with zero attached hydrogens (tertiary/aromatic N) is 2. The highest BCUT2D eigenvalue weighted by molar-refractivity contribution is 5.67. The first-order valence-electron chi connectivity index (χ1n) is 6.65. The number of hydrogen-bond donors (Lipinski definition) is 3. The van der Waals surface area contributed by atoms with Crippen LogP contribution in [0, 0.1) is 0 Å². The van der Waals surface area contributed by atoms with E-state index < -0.39 is 11.7 Å². The number of rotatable bonds is 5. The minimum atomic E-state index is -0.518. The molecule has 0 fully saturated rings. The molecule has 5 N–H and O–H groups in total. The Balaban J connectivity index is 2.38. The Kier molecular flexibility index (Phi) is 5.98. The van der Waals surface area contributed by atoms with Crippen molar-refractivity contribution in [1.29, 1.82) is 0 Å². The summed E-state index contributed by atoms with van der Waals surface area (Å²) >= 11 is 0. The molecule has 0 atom stereocenters. The summed E-state index contributed by atoms with van der Waals surface area (Å²) < 4.78 is 5.11. The van der Waals surface area contributed by atoms with E-state index in [9.17, 15) is 4.79 Å². The second-order valence-electron chi connectivity index (χ2n) is 5.47. The number of carbonyl (C=O) groups excluding carboxylic acids is 1. The molecule has 116 valence electrons. The van der Waals surface area contributed by atoms with Crippen LogP contribution in [0.4, 0.5) is 4.79 Å². The summed E-state index contributed by atoms with van der Waals surface area (Å²) in [6.07, 6.45) is 2.75. The zero-order valence-corrected chi connectivity index (χ0v) is 12.7. The van der Waals surface area contributed by atoms with Crippen molar-refractivity contribution in [3.8, 4) is 0 Å². The summed E-state index contributed by atoms with van der Waals surface area (Å²) in [5, 5.41) is 4.00. The van der Waals surface area contributed by atoms with Crippen LogP contribution >= 0.6 is 0 Å². The van der Waals surface area contributed by atoms with Gasteiger partial charge in [0.2, 0.25) is 0 Å². The summed E-state index contributed by atoms with van der Waals surface area (Å²) in [5.74, 6) is 5.78. The fourth-order valence-electron chi connectivity index (χ4n) is 1.44. The van der Waals surface area contributed by atoms with Crippen LogP contribution in [0.15, 0.2) is 30.6 Å². The van der Waals surface area contributed by atoms with E-state index >= 15 is 0 Å². The van der Waals surface area contributed by atoms with Crippen LogP contribution in [0.1, 0.15) is 26.5 Å². The van der Waals surface area contributed by atoms with Crippen LogP contribution < -0.4 is 16.9 Å². The fraction of sp³-hybridized carbons (Fsp3) is 0.429. The Morgan fingerprint density at radius 3 is 2.76 bits per heavy atom. The van der Waals surface area contributed by atoms with E-state index in [0.29, 0.717) is 24.5 Å². The first-order valence-corrected chi connectivity index (χ1v) is 6.65. The quantitative estimate of drug-likeness (QED) is 0.553. The van der Waals surface area contributed by atoms with Crippen molar-refractivity contribution in [1.82, 2.24) is 15.3 Å². The molecule has 1 aromatic rings. The number of alkyl carbamates (subject to hydrolysis) is 1. The van der Waals surface area contributed by atoms with Crippen molar-refractivity contribution in [2.45, 2.75) is 26.4 Å². The van der Waals surface area contributed by atoms with Crippen LogP contribution in [-0.4, -0.2) is 34.8 Å². The van der Waals surface area contributed by atoms with Crippen LogP contribution in [0.2, 0.25) is 0 Å². The van der Waals surface area contributed by atoms with Gasteiger partial charge in [-0.15, -0.1) is 0 Å². The standard InChI is InChI=1S/C14H23N5O2/c1-14(2,3)21-13(20)18-8-9-19(16)10-11(15)12-6-4-5-7-17-12/h4-7,10H,8-9,15-16H2,1-3H3,(H,18,20)/b11-10-. The average Bonchev–Trinajstić information content (AvgIpc) is 2.37. The van der Waals surface area contributed by atoms with Crippen molar-refractivity contribution in [3.05, 3.63) is 36.3 Å². The predicted octanol–water partition coefficient (Wildman–Crippen LogP) is 1.04. The van der Waals surface area contributed by atoms with E-state index in [-0.39, 0.29) is 0 Å². The molecule has 0 unspecified atom stereocenters. The van der Waals surface area contributed by atoms with E-state index in [1.807, 2.05) is 12.1 Å². The fourth-order valence-corrected chi connectivity index (χ4v) is 1.44. The molecule has 0 aromatic carbocycles. The Morgan fingerprint density at radius 1 is 1.48 bits per heavy atom. The highest BCUT2D eigenvalue weighted by Crippen LogP contribution is 2.06. The van der Waals surface area contributed by atoms with Gasteiger partial charge in [-0.3, -0.25) is 4.98 Å². The molecule has 1 rings (SSSR count).